The molecule has 1 N–H and O–H groups in total. The van der Waals surface area contributed by atoms with Gasteiger partial charge < -0.3 is 19.5 Å². The van der Waals surface area contributed by atoms with Gasteiger partial charge in [0.1, 0.15) is 0 Å². The third kappa shape index (κ3) is 3.71. The molecule has 0 saturated heterocycles. The molecule has 1 heterocycles. The summed E-state index contributed by atoms with van der Waals surface area (Å²) in [5.41, 5.74) is 2.50. The van der Waals surface area contributed by atoms with Crippen molar-refractivity contribution >= 4 is 15.9 Å². The first kappa shape index (κ1) is 15.1. The van der Waals surface area contributed by atoms with Gasteiger partial charge in [0.2, 0.25) is 0 Å². The Balaban J connectivity index is 1.73. The molecule has 5 heteroatoms. The maximum atomic E-state index is 5.92. The van der Waals surface area contributed by atoms with Crippen LogP contribution >= 0.6 is 15.9 Å². The highest BCUT2D eigenvalue weighted by Crippen LogP contribution is 2.42. The van der Waals surface area contributed by atoms with E-state index in [-0.39, 0.29) is 0 Å². The molecule has 1 aromatic carbocycles. The van der Waals surface area contributed by atoms with Gasteiger partial charge in [0.05, 0.1) is 13.2 Å². The fourth-order valence-corrected chi connectivity index (χ4v) is 3.16. The quantitative estimate of drug-likeness (QED) is 0.727. The van der Waals surface area contributed by atoms with Crippen molar-refractivity contribution in [2.45, 2.75) is 38.3 Å². The molecule has 4 nitrogen and oxygen atoms in total. The van der Waals surface area contributed by atoms with Crippen molar-refractivity contribution in [1.29, 1.82) is 0 Å². The molecule has 1 saturated carbocycles. The van der Waals surface area contributed by atoms with Gasteiger partial charge in [-0.1, -0.05) is 15.9 Å². The van der Waals surface area contributed by atoms with E-state index in [1.54, 1.807) is 7.11 Å². The van der Waals surface area contributed by atoms with Crippen LogP contribution in [0.15, 0.2) is 10.5 Å². The lowest BCUT2D eigenvalue weighted by Gasteiger charge is -2.15. The summed E-state index contributed by atoms with van der Waals surface area (Å²) in [7, 11) is 1.71. The van der Waals surface area contributed by atoms with E-state index in [0.29, 0.717) is 12.6 Å². The third-order valence-electron chi connectivity index (χ3n) is 3.86. The van der Waals surface area contributed by atoms with Crippen LogP contribution in [0.4, 0.5) is 0 Å². The average Bonchev–Trinajstić information content (AvgIpc) is 3.18. The molecule has 116 valence electrons. The van der Waals surface area contributed by atoms with Gasteiger partial charge in [0.25, 0.3) is 0 Å². The lowest BCUT2D eigenvalue weighted by atomic mass is 10.1. The Bertz CT molecular complexity index is 503. The van der Waals surface area contributed by atoms with Gasteiger partial charge in [-0.05, 0) is 24.5 Å². The Kier molecular flexibility index (Phi) is 5.03. The first-order chi connectivity index (χ1) is 10.3. The number of methoxy groups -OCH3 is 1. The van der Waals surface area contributed by atoms with Gasteiger partial charge in [-0.25, -0.2) is 0 Å². The highest BCUT2D eigenvalue weighted by Gasteiger charge is 2.25. The molecule has 0 bridgehead atoms. The lowest BCUT2D eigenvalue weighted by molar-refractivity contribution is 0.170. The second kappa shape index (κ2) is 6.99. The van der Waals surface area contributed by atoms with Crippen LogP contribution in [-0.4, -0.2) is 33.0 Å². The standard InChI is InChI=1S/C16H22BrNO3/c1-19-6-2-7-20-14-9-11(10-18-12-3-4-12)15(17)13-5-8-21-16(13)14/h9,12,18H,2-8,10H2,1H3. The number of ether oxygens (including phenoxy) is 3. The molecule has 1 fully saturated rings. The van der Waals surface area contributed by atoms with Crippen LogP contribution in [0.5, 0.6) is 11.5 Å². The minimum absolute atomic E-state index is 0.654. The molecule has 0 radical (unpaired) electrons. The summed E-state index contributed by atoms with van der Waals surface area (Å²) >= 11 is 3.73. The summed E-state index contributed by atoms with van der Waals surface area (Å²) in [6, 6.07) is 2.81. The lowest BCUT2D eigenvalue weighted by Crippen LogP contribution is -2.16. The van der Waals surface area contributed by atoms with E-state index in [1.807, 2.05) is 0 Å². The fourth-order valence-electron chi connectivity index (χ4n) is 2.53. The van der Waals surface area contributed by atoms with E-state index in [4.69, 9.17) is 14.2 Å². The van der Waals surface area contributed by atoms with Crippen LogP contribution in [-0.2, 0) is 17.7 Å². The molecular weight excluding hydrogens is 334 g/mol. The molecule has 0 aromatic heterocycles. The van der Waals surface area contributed by atoms with Crippen molar-refractivity contribution in [3.63, 3.8) is 0 Å². The number of hydrogen-bond acceptors (Lipinski definition) is 4. The number of hydrogen-bond donors (Lipinski definition) is 1. The molecule has 1 aromatic rings. The predicted octanol–water partition coefficient (Wildman–Crippen LogP) is 3.05. The zero-order chi connectivity index (χ0) is 14.7. The number of nitrogens with one attached hydrogen (secondary N) is 1. The van der Waals surface area contributed by atoms with Gasteiger partial charge in [-0.15, -0.1) is 0 Å². The largest absolute Gasteiger partial charge is 0.490 e. The molecule has 0 unspecified atom stereocenters. The highest BCUT2D eigenvalue weighted by molar-refractivity contribution is 9.10. The Morgan fingerprint density at radius 2 is 2.24 bits per heavy atom. The molecule has 21 heavy (non-hydrogen) atoms. The van der Waals surface area contributed by atoms with E-state index in [9.17, 15) is 0 Å². The first-order valence-electron chi connectivity index (χ1n) is 7.61. The fraction of sp³-hybridized carbons (Fsp3) is 0.625. The number of halogens is 1. The second-order valence-electron chi connectivity index (χ2n) is 5.60. The highest BCUT2D eigenvalue weighted by atomic mass is 79.9. The van der Waals surface area contributed by atoms with Crippen molar-refractivity contribution in [2.24, 2.45) is 0 Å². The molecular formula is C16H22BrNO3. The van der Waals surface area contributed by atoms with Gasteiger partial charge >= 0.3 is 0 Å². The van der Waals surface area contributed by atoms with Crippen molar-refractivity contribution in [3.8, 4) is 11.5 Å². The maximum Gasteiger partial charge on any atom is 0.165 e. The van der Waals surface area contributed by atoms with E-state index in [1.165, 1.54) is 28.4 Å². The van der Waals surface area contributed by atoms with Crippen molar-refractivity contribution in [1.82, 2.24) is 5.32 Å². The van der Waals surface area contributed by atoms with E-state index < -0.39 is 0 Å². The van der Waals surface area contributed by atoms with E-state index >= 15 is 0 Å². The Hall–Kier alpha value is -0.780. The van der Waals surface area contributed by atoms with Crippen LogP contribution in [0.25, 0.3) is 0 Å². The maximum absolute atomic E-state index is 5.92. The molecule has 1 aliphatic carbocycles. The summed E-state index contributed by atoms with van der Waals surface area (Å²) in [5.74, 6) is 1.78. The minimum atomic E-state index is 0.654. The van der Waals surface area contributed by atoms with Gasteiger partial charge in [0, 0.05) is 49.2 Å². The topological polar surface area (TPSA) is 39.7 Å². The second-order valence-corrected chi connectivity index (χ2v) is 6.40. The molecule has 3 rings (SSSR count). The van der Waals surface area contributed by atoms with Gasteiger partial charge in [-0.3, -0.25) is 0 Å². The molecule has 1 aliphatic heterocycles. The van der Waals surface area contributed by atoms with Crippen LogP contribution in [0.3, 0.4) is 0 Å². The zero-order valence-electron chi connectivity index (χ0n) is 12.4. The Morgan fingerprint density at radius 3 is 3.00 bits per heavy atom. The zero-order valence-corrected chi connectivity index (χ0v) is 14.0. The van der Waals surface area contributed by atoms with Gasteiger partial charge in [0.15, 0.2) is 11.5 Å². The molecule has 2 aliphatic rings. The van der Waals surface area contributed by atoms with E-state index in [2.05, 4.69) is 27.3 Å². The summed E-state index contributed by atoms with van der Waals surface area (Å²) in [4.78, 5) is 0. The summed E-state index contributed by atoms with van der Waals surface area (Å²) in [6.07, 6.45) is 4.43. The number of benzene rings is 1. The molecule has 0 spiro atoms. The van der Waals surface area contributed by atoms with Gasteiger partial charge in [-0.2, -0.15) is 0 Å². The van der Waals surface area contributed by atoms with Crippen LogP contribution in [0, 0.1) is 0 Å². The summed E-state index contributed by atoms with van der Waals surface area (Å²) in [5, 5.41) is 3.56. The summed E-state index contributed by atoms with van der Waals surface area (Å²) in [6.45, 7) is 2.99. The third-order valence-corrected chi connectivity index (χ3v) is 4.85. The monoisotopic (exact) mass is 355 g/mol. The average molecular weight is 356 g/mol. The Labute approximate surface area is 134 Å². The SMILES string of the molecule is COCCCOc1cc(CNC2CC2)c(Br)c2c1OCC2. The van der Waals surface area contributed by atoms with Crippen LogP contribution in [0.1, 0.15) is 30.4 Å². The number of fused-ring (bicyclic) bond motifs is 1. The normalized spacial score (nSPS) is 16.7. The first-order valence-corrected chi connectivity index (χ1v) is 8.41. The summed E-state index contributed by atoms with van der Waals surface area (Å²) < 4.78 is 17.9. The van der Waals surface area contributed by atoms with Crippen LogP contribution in [0.2, 0.25) is 0 Å². The molecule has 0 amide bonds. The molecule has 0 atom stereocenters. The predicted molar refractivity (Wildman–Crippen MR) is 85.2 cm³/mol. The smallest absolute Gasteiger partial charge is 0.165 e. The minimum Gasteiger partial charge on any atom is -0.490 e. The van der Waals surface area contributed by atoms with Crippen LogP contribution < -0.4 is 14.8 Å². The number of rotatable bonds is 8. The van der Waals surface area contributed by atoms with Crippen molar-refractivity contribution in [2.75, 3.05) is 26.9 Å². The van der Waals surface area contributed by atoms with Crippen molar-refractivity contribution < 1.29 is 14.2 Å². The van der Waals surface area contributed by atoms with Crippen molar-refractivity contribution in [3.05, 3.63) is 21.7 Å². The van der Waals surface area contributed by atoms with E-state index in [0.717, 1.165) is 44.1 Å². The Morgan fingerprint density at radius 1 is 1.38 bits per heavy atom.